The van der Waals surface area contributed by atoms with Crippen molar-refractivity contribution in [3.63, 3.8) is 0 Å². The van der Waals surface area contributed by atoms with Crippen LogP contribution in [0.2, 0.25) is 0 Å². The van der Waals surface area contributed by atoms with Crippen LogP contribution < -0.4 is 10.9 Å². The number of hydrogen-bond acceptors (Lipinski definition) is 5. The molecule has 8 nitrogen and oxygen atoms in total. The number of carbonyl (C=O) groups excluding carboxylic acids is 1. The summed E-state index contributed by atoms with van der Waals surface area (Å²) >= 11 is 0. The smallest absolute Gasteiger partial charge is 0.262 e. The predicted octanol–water partition coefficient (Wildman–Crippen LogP) is 0.393. The zero-order valence-corrected chi connectivity index (χ0v) is 14.4. The summed E-state index contributed by atoms with van der Waals surface area (Å²) in [5.74, 6) is 0.865. The largest absolute Gasteiger partial charge is 0.354 e. The summed E-state index contributed by atoms with van der Waals surface area (Å²) in [6.45, 7) is 6.18. The number of nitrogens with one attached hydrogen (secondary N) is 2. The van der Waals surface area contributed by atoms with Crippen LogP contribution in [-0.4, -0.2) is 49.7 Å². The molecule has 2 aromatic rings. The third-order valence-electron chi connectivity index (χ3n) is 4.41. The second-order valence-electron chi connectivity index (χ2n) is 6.73. The van der Waals surface area contributed by atoms with E-state index in [4.69, 9.17) is 0 Å². The number of nitrogens with zero attached hydrogens (tertiary/aromatic N) is 4. The average molecular weight is 332 g/mol. The Labute approximate surface area is 140 Å². The van der Waals surface area contributed by atoms with Crippen molar-refractivity contribution in [3.8, 4) is 0 Å². The summed E-state index contributed by atoms with van der Waals surface area (Å²) < 4.78 is 1.61. The molecule has 24 heavy (non-hydrogen) atoms. The second-order valence-corrected chi connectivity index (χ2v) is 6.73. The van der Waals surface area contributed by atoms with Gasteiger partial charge in [-0.25, -0.2) is 4.98 Å². The van der Waals surface area contributed by atoms with E-state index < -0.39 is 0 Å². The molecule has 0 saturated carbocycles. The maximum Gasteiger partial charge on any atom is 0.262 e. The molecule has 0 radical (unpaired) electrons. The molecule has 2 N–H and O–H groups in total. The van der Waals surface area contributed by atoms with E-state index in [-0.39, 0.29) is 23.4 Å². The first-order valence-electron chi connectivity index (χ1n) is 8.37. The number of fused-ring (bicyclic) bond motifs is 1. The van der Waals surface area contributed by atoms with Crippen molar-refractivity contribution in [3.05, 3.63) is 22.4 Å². The molecule has 1 aliphatic rings. The van der Waals surface area contributed by atoms with Gasteiger partial charge in [-0.1, -0.05) is 0 Å². The minimum absolute atomic E-state index is 0.0789. The lowest BCUT2D eigenvalue weighted by atomic mass is 9.95. The summed E-state index contributed by atoms with van der Waals surface area (Å²) in [4.78, 5) is 33.7. The SMILES string of the molecule is CC(C)NC(=O)C1CCN(Cc2nc3c(cnn3C)c(=O)[nH]2)CC1. The molecule has 2 aromatic heterocycles. The van der Waals surface area contributed by atoms with Crippen LogP contribution in [0.1, 0.15) is 32.5 Å². The number of carbonyl (C=O) groups is 1. The van der Waals surface area contributed by atoms with Crippen LogP contribution in [-0.2, 0) is 18.4 Å². The number of hydrogen-bond donors (Lipinski definition) is 2. The van der Waals surface area contributed by atoms with E-state index in [9.17, 15) is 9.59 Å². The van der Waals surface area contributed by atoms with Crippen molar-refractivity contribution in [1.82, 2.24) is 30.0 Å². The number of aromatic amines is 1. The normalized spacial score (nSPS) is 16.8. The van der Waals surface area contributed by atoms with E-state index in [0.717, 1.165) is 25.9 Å². The van der Waals surface area contributed by atoms with Gasteiger partial charge in [0.2, 0.25) is 5.91 Å². The van der Waals surface area contributed by atoms with Gasteiger partial charge >= 0.3 is 0 Å². The number of rotatable bonds is 4. The first-order chi connectivity index (χ1) is 11.4. The highest BCUT2D eigenvalue weighted by Gasteiger charge is 2.25. The van der Waals surface area contributed by atoms with E-state index in [2.05, 4.69) is 25.3 Å². The Bertz CT molecular complexity index is 785. The first kappa shape index (κ1) is 16.6. The number of piperidine rings is 1. The molecular formula is C16H24N6O2. The fraction of sp³-hybridized carbons (Fsp3) is 0.625. The van der Waals surface area contributed by atoms with Crippen LogP contribution in [0.3, 0.4) is 0 Å². The van der Waals surface area contributed by atoms with E-state index in [0.29, 0.717) is 23.4 Å². The van der Waals surface area contributed by atoms with Gasteiger partial charge in [0.25, 0.3) is 5.56 Å². The predicted molar refractivity (Wildman–Crippen MR) is 90.4 cm³/mol. The van der Waals surface area contributed by atoms with Crippen LogP contribution in [0.15, 0.2) is 11.0 Å². The van der Waals surface area contributed by atoms with Gasteiger partial charge in [0.15, 0.2) is 5.65 Å². The Balaban J connectivity index is 1.63. The molecule has 1 amide bonds. The highest BCUT2D eigenvalue weighted by molar-refractivity contribution is 5.79. The maximum absolute atomic E-state index is 12.1. The third kappa shape index (κ3) is 3.48. The Kier molecular flexibility index (Phi) is 4.66. The fourth-order valence-corrected chi connectivity index (χ4v) is 3.12. The van der Waals surface area contributed by atoms with Crippen LogP contribution in [0.5, 0.6) is 0 Å². The number of likely N-dealkylation sites (tertiary alicyclic amines) is 1. The van der Waals surface area contributed by atoms with Gasteiger partial charge in [0, 0.05) is 19.0 Å². The molecule has 0 aromatic carbocycles. The molecule has 1 fully saturated rings. The van der Waals surface area contributed by atoms with Crippen molar-refractivity contribution < 1.29 is 4.79 Å². The quantitative estimate of drug-likeness (QED) is 0.844. The van der Waals surface area contributed by atoms with Crippen molar-refractivity contribution >= 4 is 16.9 Å². The second kappa shape index (κ2) is 6.72. The van der Waals surface area contributed by atoms with E-state index in [1.54, 1.807) is 11.7 Å². The lowest BCUT2D eigenvalue weighted by Crippen LogP contribution is -2.42. The monoisotopic (exact) mass is 332 g/mol. The van der Waals surface area contributed by atoms with Gasteiger partial charge in [-0.05, 0) is 39.8 Å². The standard InChI is InChI=1S/C16H24N6O2/c1-10(2)18-15(23)11-4-6-22(7-5-11)9-13-19-14-12(16(24)20-13)8-17-21(14)3/h8,10-11H,4-7,9H2,1-3H3,(H,18,23)(H,19,20,24). The lowest BCUT2D eigenvalue weighted by Gasteiger charge is -2.31. The molecule has 0 aliphatic carbocycles. The molecule has 0 unspecified atom stereocenters. The van der Waals surface area contributed by atoms with Crippen LogP contribution >= 0.6 is 0 Å². The summed E-state index contributed by atoms with van der Waals surface area (Å²) in [7, 11) is 1.78. The molecule has 0 spiro atoms. The van der Waals surface area contributed by atoms with Gasteiger partial charge in [-0.2, -0.15) is 5.10 Å². The summed E-state index contributed by atoms with van der Waals surface area (Å²) in [5, 5.41) is 7.56. The van der Waals surface area contributed by atoms with Crippen molar-refractivity contribution in [2.45, 2.75) is 39.3 Å². The van der Waals surface area contributed by atoms with Gasteiger partial charge in [-0.3, -0.25) is 19.2 Å². The van der Waals surface area contributed by atoms with E-state index in [1.165, 1.54) is 6.20 Å². The van der Waals surface area contributed by atoms with Gasteiger partial charge in [-0.15, -0.1) is 0 Å². The third-order valence-corrected chi connectivity index (χ3v) is 4.41. The minimum Gasteiger partial charge on any atom is -0.354 e. The molecule has 0 bridgehead atoms. The summed E-state index contributed by atoms with van der Waals surface area (Å²) in [5.41, 5.74) is 0.439. The Morgan fingerprint density at radius 2 is 2.12 bits per heavy atom. The van der Waals surface area contributed by atoms with E-state index in [1.807, 2.05) is 13.8 Å². The summed E-state index contributed by atoms with van der Waals surface area (Å²) in [6, 6.07) is 0.176. The zero-order valence-electron chi connectivity index (χ0n) is 14.4. The topological polar surface area (TPSA) is 95.9 Å². The molecule has 8 heteroatoms. The molecule has 1 saturated heterocycles. The maximum atomic E-state index is 12.1. The summed E-state index contributed by atoms with van der Waals surface area (Å²) in [6.07, 6.45) is 3.19. The van der Waals surface area contributed by atoms with E-state index >= 15 is 0 Å². The van der Waals surface area contributed by atoms with Crippen LogP contribution in [0, 0.1) is 5.92 Å². The molecule has 0 atom stereocenters. The number of aryl methyl sites for hydroxylation is 1. The van der Waals surface area contributed by atoms with Crippen molar-refractivity contribution in [2.24, 2.45) is 13.0 Å². The number of aromatic nitrogens is 4. The van der Waals surface area contributed by atoms with Crippen LogP contribution in [0.25, 0.3) is 11.0 Å². The molecule has 3 heterocycles. The Morgan fingerprint density at radius 3 is 2.79 bits per heavy atom. The fourth-order valence-electron chi connectivity index (χ4n) is 3.12. The number of amides is 1. The highest BCUT2D eigenvalue weighted by atomic mass is 16.2. The number of H-pyrrole nitrogens is 1. The van der Waals surface area contributed by atoms with Gasteiger partial charge in [0.1, 0.15) is 11.2 Å². The van der Waals surface area contributed by atoms with Crippen molar-refractivity contribution in [2.75, 3.05) is 13.1 Å². The Morgan fingerprint density at radius 1 is 1.42 bits per heavy atom. The Hall–Kier alpha value is -2.22. The van der Waals surface area contributed by atoms with Gasteiger partial charge < -0.3 is 10.3 Å². The van der Waals surface area contributed by atoms with Gasteiger partial charge in [0.05, 0.1) is 12.7 Å². The molecule has 1 aliphatic heterocycles. The highest BCUT2D eigenvalue weighted by Crippen LogP contribution is 2.19. The van der Waals surface area contributed by atoms with Crippen molar-refractivity contribution in [1.29, 1.82) is 0 Å². The molecule has 3 rings (SSSR count). The molecular weight excluding hydrogens is 308 g/mol. The average Bonchev–Trinajstić information content (AvgIpc) is 2.89. The first-order valence-corrected chi connectivity index (χ1v) is 8.37. The zero-order chi connectivity index (χ0) is 17.3. The molecule has 130 valence electrons. The lowest BCUT2D eigenvalue weighted by molar-refractivity contribution is -0.127. The van der Waals surface area contributed by atoms with Crippen LogP contribution in [0.4, 0.5) is 0 Å². The minimum atomic E-state index is -0.158.